The zero-order valence-corrected chi connectivity index (χ0v) is 29.4. The molecule has 0 spiro atoms. The third-order valence-electron chi connectivity index (χ3n) is 11.0. The van der Waals surface area contributed by atoms with Crippen LogP contribution in [0.5, 0.6) is 0 Å². The highest BCUT2D eigenvalue weighted by atomic mass is 16.3. The van der Waals surface area contributed by atoms with Crippen LogP contribution in [0.25, 0.3) is 116 Å². The molecule has 5 heteroatoms. The van der Waals surface area contributed by atoms with Gasteiger partial charge < -0.3 is 13.4 Å². The number of para-hydroxylation sites is 4. The van der Waals surface area contributed by atoms with Gasteiger partial charge in [-0.15, -0.1) is 0 Å². The highest BCUT2D eigenvalue weighted by molar-refractivity contribution is 6.24. The van der Waals surface area contributed by atoms with Gasteiger partial charge in [-0.05, 0) is 72.3 Å². The molecule has 0 saturated heterocycles. The largest absolute Gasteiger partial charge is 0.455 e. The van der Waals surface area contributed by atoms with Crippen LogP contribution in [0.3, 0.4) is 0 Å². The maximum Gasteiger partial charge on any atom is 0.160 e. The van der Waals surface area contributed by atoms with E-state index in [-0.39, 0.29) is 0 Å². The topological polar surface area (TPSA) is 57.0 Å². The van der Waals surface area contributed by atoms with E-state index < -0.39 is 0 Å². The van der Waals surface area contributed by atoms with Crippen LogP contribution in [0, 0.1) is 0 Å². The average molecular weight is 704 g/mol. The van der Waals surface area contributed by atoms with Gasteiger partial charge in [0.15, 0.2) is 5.82 Å². The van der Waals surface area contributed by atoms with Crippen molar-refractivity contribution in [1.82, 2.24) is 14.5 Å². The Hall–Kier alpha value is -7.50. The van der Waals surface area contributed by atoms with E-state index in [4.69, 9.17) is 18.8 Å². The fourth-order valence-corrected chi connectivity index (χ4v) is 8.49. The third kappa shape index (κ3) is 4.47. The van der Waals surface area contributed by atoms with Gasteiger partial charge in [0.25, 0.3) is 0 Å². The number of aromatic nitrogens is 3. The monoisotopic (exact) mass is 703 g/mol. The fourth-order valence-electron chi connectivity index (χ4n) is 8.49. The molecule has 12 rings (SSSR count). The lowest BCUT2D eigenvalue weighted by Crippen LogP contribution is -1.97. The number of nitrogens with zero attached hydrogens (tertiary/aromatic N) is 3. The molecule has 0 radical (unpaired) electrons. The van der Waals surface area contributed by atoms with Crippen molar-refractivity contribution in [3.63, 3.8) is 0 Å². The molecule has 0 aliphatic carbocycles. The highest BCUT2D eigenvalue weighted by Crippen LogP contribution is 2.43. The van der Waals surface area contributed by atoms with Crippen LogP contribution >= 0.6 is 0 Å². The molecule has 12 aromatic rings. The Labute approximate surface area is 314 Å². The van der Waals surface area contributed by atoms with Gasteiger partial charge in [-0.2, -0.15) is 0 Å². The Kier molecular flexibility index (Phi) is 6.27. The lowest BCUT2D eigenvalue weighted by molar-refractivity contribution is 0.670. The van der Waals surface area contributed by atoms with Crippen molar-refractivity contribution in [3.05, 3.63) is 176 Å². The smallest absolute Gasteiger partial charge is 0.160 e. The average Bonchev–Trinajstić information content (AvgIpc) is 3.93. The van der Waals surface area contributed by atoms with E-state index in [0.29, 0.717) is 5.82 Å². The summed E-state index contributed by atoms with van der Waals surface area (Å²) in [7, 11) is 0. The van der Waals surface area contributed by atoms with E-state index in [1.54, 1.807) is 0 Å². The van der Waals surface area contributed by atoms with Gasteiger partial charge in [0.05, 0.1) is 27.6 Å². The van der Waals surface area contributed by atoms with E-state index in [0.717, 1.165) is 110 Å². The zero-order chi connectivity index (χ0) is 36.0. The van der Waals surface area contributed by atoms with Gasteiger partial charge in [-0.25, -0.2) is 9.97 Å². The Morgan fingerprint density at radius 3 is 1.84 bits per heavy atom. The summed E-state index contributed by atoms with van der Waals surface area (Å²) >= 11 is 0. The van der Waals surface area contributed by atoms with Gasteiger partial charge in [-0.1, -0.05) is 109 Å². The van der Waals surface area contributed by atoms with Crippen molar-refractivity contribution in [2.45, 2.75) is 0 Å². The summed E-state index contributed by atoms with van der Waals surface area (Å²) in [5.41, 5.74) is 12.7. The second kappa shape index (κ2) is 11.5. The number of furan rings is 2. The first-order chi connectivity index (χ1) is 27.3. The molecule has 5 nitrogen and oxygen atoms in total. The van der Waals surface area contributed by atoms with E-state index in [1.165, 1.54) is 0 Å². The van der Waals surface area contributed by atoms with E-state index in [2.05, 4.69) is 126 Å². The minimum Gasteiger partial charge on any atom is -0.455 e. The second-order valence-electron chi connectivity index (χ2n) is 14.1. The quantitative estimate of drug-likeness (QED) is 0.183. The molecule has 0 aliphatic heterocycles. The summed E-state index contributed by atoms with van der Waals surface area (Å²) in [5.74, 6) is 0.694. The van der Waals surface area contributed by atoms with Crippen LogP contribution in [0.1, 0.15) is 0 Å². The van der Waals surface area contributed by atoms with Gasteiger partial charge in [0, 0.05) is 54.7 Å². The molecule has 0 atom stereocenters. The lowest BCUT2D eigenvalue weighted by Gasteiger charge is -2.11. The normalized spacial score (nSPS) is 12.0. The summed E-state index contributed by atoms with van der Waals surface area (Å²) in [5, 5.41) is 7.67. The zero-order valence-electron chi connectivity index (χ0n) is 29.4. The first-order valence-corrected chi connectivity index (χ1v) is 18.5. The molecule has 0 fully saturated rings. The van der Waals surface area contributed by atoms with Crippen molar-refractivity contribution >= 4 is 76.6 Å². The SMILES string of the molecule is c1ccc(-c2nc(-c3ccc(-n4c5ccc(-c6cccc7c6oc6ccccc67)cc5c5c6oc7ccccc7c6ccc54)cc3)nc3ccccc23)cc1. The standard InChI is InChI=1S/C50H29N3O2/c1-2-11-30(12-3-1)47-39-15-4-7-18-41(39)51-50(52-47)31-21-24-33(25-22-31)53-42-27-23-32(34-16-10-17-37-35-13-5-8-19-44(35)54-48(34)37)29-40(42)46-43(53)28-26-38-36-14-6-9-20-45(36)55-49(38)46/h1-29H. The van der Waals surface area contributed by atoms with Gasteiger partial charge in [0.2, 0.25) is 0 Å². The first kappa shape index (κ1) is 30.0. The van der Waals surface area contributed by atoms with Gasteiger partial charge >= 0.3 is 0 Å². The molecular formula is C50H29N3O2. The van der Waals surface area contributed by atoms with Crippen molar-refractivity contribution in [2.75, 3.05) is 0 Å². The molecule has 0 aliphatic rings. The van der Waals surface area contributed by atoms with Gasteiger partial charge in [-0.3, -0.25) is 0 Å². The molecule has 0 amide bonds. The van der Waals surface area contributed by atoms with Crippen LogP contribution in [-0.4, -0.2) is 14.5 Å². The van der Waals surface area contributed by atoms with E-state index >= 15 is 0 Å². The number of hydrogen-bond donors (Lipinski definition) is 0. The van der Waals surface area contributed by atoms with Crippen molar-refractivity contribution in [3.8, 4) is 39.5 Å². The lowest BCUT2D eigenvalue weighted by atomic mass is 10.00. The van der Waals surface area contributed by atoms with E-state index in [9.17, 15) is 0 Å². The Morgan fingerprint density at radius 2 is 1.04 bits per heavy atom. The molecule has 4 heterocycles. The minimum absolute atomic E-state index is 0.694. The second-order valence-corrected chi connectivity index (χ2v) is 14.1. The Morgan fingerprint density at radius 1 is 0.400 bits per heavy atom. The van der Waals surface area contributed by atoms with Crippen LogP contribution in [0.2, 0.25) is 0 Å². The Balaban J connectivity index is 1.07. The molecular weight excluding hydrogens is 675 g/mol. The number of benzene rings is 8. The van der Waals surface area contributed by atoms with Crippen LogP contribution < -0.4 is 0 Å². The van der Waals surface area contributed by atoms with Crippen molar-refractivity contribution in [2.24, 2.45) is 0 Å². The maximum absolute atomic E-state index is 6.69. The van der Waals surface area contributed by atoms with Crippen LogP contribution in [-0.2, 0) is 0 Å². The van der Waals surface area contributed by atoms with Crippen LogP contribution in [0.15, 0.2) is 185 Å². The summed E-state index contributed by atoms with van der Waals surface area (Å²) < 4.78 is 15.5. The maximum atomic E-state index is 6.69. The predicted molar refractivity (Wildman–Crippen MR) is 225 cm³/mol. The fraction of sp³-hybridized carbons (Fsp3) is 0. The van der Waals surface area contributed by atoms with Crippen LogP contribution in [0.4, 0.5) is 0 Å². The number of rotatable bonds is 4. The number of hydrogen-bond acceptors (Lipinski definition) is 4. The molecule has 8 aromatic carbocycles. The van der Waals surface area contributed by atoms with Crippen molar-refractivity contribution in [1.29, 1.82) is 0 Å². The molecule has 0 N–H and O–H groups in total. The van der Waals surface area contributed by atoms with E-state index in [1.807, 2.05) is 54.6 Å². The molecule has 256 valence electrons. The molecule has 0 saturated carbocycles. The molecule has 0 unspecified atom stereocenters. The van der Waals surface area contributed by atoms with Crippen molar-refractivity contribution < 1.29 is 8.83 Å². The minimum atomic E-state index is 0.694. The predicted octanol–water partition coefficient (Wildman–Crippen LogP) is 13.5. The third-order valence-corrected chi connectivity index (χ3v) is 11.0. The molecule has 4 aromatic heterocycles. The molecule has 55 heavy (non-hydrogen) atoms. The summed E-state index contributed by atoms with van der Waals surface area (Å²) in [4.78, 5) is 10.1. The summed E-state index contributed by atoms with van der Waals surface area (Å²) in [6.07, 6.45) is 0. The summed E-state index contributed by atoms with van der Waals surface area (Å²) in [6, 6.07) is 61.2. The van der Waals surface area contributed by atoms with Gasteiger partial charge in [0.1, 0.15) is 22.3 Å². The summed E-state index contributed by atoms with van der Waals surface area (Å²) in [6.45, 7) is 0. The molecule has 0 bridgehead atoms. The number of fused-ring (bicyclic) bond motifs is 11. The highest BCUT2D eigenvalue weighted by Gasteiger charge is 2.21. The first-order valence-electron chi connectivity index (χ1n) is 18.5. The Bertz CT molecular complexity index is 3480.